The van der Waals surface area contributed by atoms with Gasteiger partial charge in [-0.25, -0.2) is 0 Å². The highest BCUT2D eigenvalue weighted by molar-refractivity contribution is 7.10. The average Bonchev–Trinajstić information content (AvgIpc) is 3.22. The lowest BCUT2D eigenvalue weighted by molar-refractivity contribution is -0.118. The van der Waals surface area contributed by atoms with Crippen LogP contribution in [0, 0.1) is 0 Å². The molecule has 27 heavy (non-hydrogen) atoms. The Labute approximate surface area is 162 Å². The number of carbonyl (C=O) groups is 2. The van der Waals surface area contributed by atoms with E-state index in [2.05, 4.69) is 10.6 Å². The maximum atomic E-state index is 12.8. The Morgan fingerprint density at radius 1 is 0.926 bits per heavy atom. The van der Waals surface area contributed by atoms with Crippen molar-refractivity contribution in [1.82, 2.24) is 10.6 Å². The normalized spacial score (nSPS) is 12.3. The minimum absolute atomic E-state index is 0.181. The van der Waals surface area contributed by atoms with Gasteiger partial charge in [-0.1, -0.05) is 54.6 Å². The molecule has 136 valence electrons. The fourth-order valence-corrected chi connectivity index (χ4v) is 3.21. The predicted molar refractivity (Wildman–Crippen MR) is 109 cm³/mol. The Bertz CT molecular complexity index is 919. The molecular formula is C22H20N2O2S. The zero-order chi connectivity index (χ0) is 19.1. The second-order valence-electron chi connectivity index (χ2n) is 6.00. The van der Waals surface area contributed by atoms with E-state index in [1.165, 1.54) is 11.3 Å². The van der Waals surface area contributed by atoms with Gasteiger partial charge in [-0.05, 0) is 42.1 Å². The first-order valence-corrected chi connectivity index (χ1v) is 9.49. The van der Waals surface area contributed by atoms with Crippen molar-refractivity contribution in [3.05, 3.63) is 99.9 Å². The van der Waals surface area contributed by atoms with Crippen molar-refractivity contribution < 1.29 is 9.59 Å². The molecule has 2 N–H and O–H groups in total. The summed E-state index contributed by atoms with van der Waals surface area (Å²) < 4.78 is 0. The van der Waals surface area contributed by atoms with Gasteiger partial charge in [0.25, 0.3) is 11.8 Å². The van der Waals surface area contributed by atoms with E-state index in [4.69, 9.17) is 0 Å². The van der Waals surface area contributed by atoms with Crippen LogP contribution in [0.1, 0.15) is 33.8 Å². The van der Waals surface area contributed by atoms with Gasteiger partial charge in [0.05, 0.1) is 6.04 Å². The molecule has 1 heterocycles. The van der Waals surface area contributed by atoms with Crippen molar-refractivity contribution in [1.29, 1.82) is 0 Å². The van der Waals surface area contributed by atoms with Crippen molar-refractivity contribution in [2.75, 3.05) is 0 Å². The van der Waals surface area contributed by atoms with Crippen molar-refractivity contribution in [2.24, 2.45) is 0 Å². The number of carbonyl (C=O) groups excluding carboxylic acids is 2. The molecule has 0 fully saturated rings. The summed E-state index contributed by atoms with van der Waals surface area (Å²) in [5, 5.41) is 7.62. The summed E-state index contributed by atoms with van der Waals surface area (Å²) in [6.45, 7) is 1.91. The zero-order valence-electron chi connectivity index (χ0n) is 14.9. The molecule has 0 aliphatic heterocycles. The van der Waals surface area contributed by atoms with Gasteiger partial charge >= 0.3 is 0 Å². The molecule has 1 aromatic heterocycles. The fourth-order valence-electron chi connectivity index (χ4n) is 2.56. The van der Waals surface area contributed by atoms with Gasteiger partial charge in [0.1, 0.15) is 5.70 Å². The van der Waals surface area contributed by atoms with Crippen LogP contribution in [0.4, 0.5) is 0 Å². The van der Waals surface area contributed by atoms with Crippen molar-refractivity contribution in [3.8, 4) is 0 Å². The molecule has 0 radical (unpaired) electrons. The Hall–Kier alpha value is -3.18. The standard InChI is InChI=1S/C22H20N2O2S/c1-16(17-9-4-2-5-10-17)23-22(26)20(15-19-13-8-14-27-19)24-21(25)18-11-6-3-7-12-18/h2-16H,1H3,(H,23,26)(H,24,25)/b20-15-. The van der Waals surface area contributed by atoms with E-state index in [-0.39, 0.29) is 23.6 Å². The number of hydrogen-bond acceptors (Lipinski definition) is 3. The molecule has 0 aliphatic rings. The Balaban J connectivity index is 1.79. The smallest absolute Gasteiger partial charge is 0.268 e. The van der Waals surface area contributed by atoms with Crippen LogP contribution in [0.2, 0.25) is 0 Å². The first-order chi connectivity index (χ1) is 13.1. The molecule has 0 saturated carbocycles. The van der Waals surface area contributed by atoms with E-state index in [1.54, 1.807) is 30.3 Å². The predicted octanol–water partition coefficient (Wildman–Crippen LogP) is 4.40. The minimum atomic E-state index is -0.330. The lowest BCUT2D eigenvalue weighted by atomic mass is 10.1. The Kier molecular flexibility index (Phi) is 6.18. The van der Waals surface area contributed by atoms with Crippen molar-refractivity contribution >= 4 is 29.2 Å². The lowest BCUT2D eigenvalue weighted by Crippen LogP contribution is -2.36. The van der Waals surface area contributed by atoms with Gasteiger partial charge < -0.3 is 10.6 Å². The van der Waals surface area contributed by atoms with Gasteiger partial charge in [0, 0.05) is 10.4 Å². The molecule has 3 rings (SSSR count). The van der Waals surface area contributed by atoms with Crippen LogP contribution in [0.15, 0.2) is 83.9 Å². The zero-order valence-corrected chi connectivity index (χ0v) is 15.7. The summed E-state index contributed by atoms with van der Waals surface area (Å²) in [6, 6.07) is 22.1. The summed E-state index contributed by atoms with van der Waals surface area (Å²) in [4.78, 5) is 26.2. The average molecular weight is 376 g/mol. The van der Waals surface area contributed by atoms with Crippen LogP contribution >= 0.6 is 11.3 Å². The lowest BCUT2D eigenvalue weighted by Gasteiger charge is -2.16. The molecule has 4 nitrogen and oxygen atoms in total. The number of thiophene rings is 1. The third-order valence-electron chi connectivity index (χ3n) is 4.01. The SMILES string of the molecule is CC(NC(=O)/C(=C/c1cccs1)NC(=O)c1ccccc1)c1ccccc1. The summed E-state index contributed by atoms with van der Waals surface area (Å²) >= 11 is 1.50. The summed E-state index contributed by atoms with van der Waals surface area (Å²) in [7, 11) is 0. The minimum Gasteiger partial charge on any atom is -0.344 e. The maximum Gasteiger partial charge on any atom is 0.268 e. The van der Waals surface area contributed by atoms with E-state index in [9.17, 15) is 9.59 Å². The molecule has 0 bridgehead atoms. The quantitative estimate of drug-likeness (QED) is 0.627. The van der Waals surface area contributed by atoms with Crippen LogP contribution < -0.4 is 10.6 Å². The third-order valence-corrected chi connectivity index (χ3v) is 4.83. The molecule has 1 atom stereocenters. The van der Waals surface area contributed by atoms with Crippen molar-refractivity contribution in [3.63, 3.8) is 0 Å². The fraction of sp³-hybridized carbons (Fsp3) is 0.0909. The van der Waals surface area contributed by atoms with E-state index in [0.717, 1.165) is 10.4 Å². The van der Waals surface area contributed by atoms with Crippen LogP contribution in [0.3, 0.4) is 0 Å². The molecule has 5 heteroatoms. The first kappa shape index (κ1) is 18.6. The third kappa shape index (κ3) is 5.15. The largest absolute Gasteiger partial charge is 0.344 e. The van der Waals surface area contributed by atoms with Crippen LogP contribution in [-0.4, -0.2) is 11.8 Å². The summed E-state index contributed by atoms with van der Waals surface area (Å²) in [5.41, 5.74) is 1.71. The van der Waals surface area contributed by atoms with E-state index in [0.29, 0.717) is 5.56 Å². The second-order valence-corrected chi connectivity index (χ2v) is 6.98. The Morgan fingerprint density at radius 2 is 1.59 bits per heavy atom. The number of amides is 2. The van der Waals surface area contributed by atoms with Gasteiger partial charge in [-0.15, -0.1) is 11.3 Å². The second kappa shape index (κ2) is 8.96. The summed E-state index contributed by atoms with van der Waals surface area (Å²) in [6.07, 6.45) is 1.69. The van der Waals surface area contributed by atoms with E-state index in [1.807, 2.05) is 60.8 Å². The molecule has 3 aromatic rings. The first-order valence-electron chi connectivity index (χ1n) is 8.61. The highest BCUT2D eigenvalue weighted by Crippen LogP contribution is 2.15. The molecule has 1 unspecified atom stereocenters. The highest BCUT2D eigenvalue weighted by atomic mass is 32.1. The molecular weight excluding hydrogens is 356 g/mol. The topological polar surface area (TPSA) is 58.2 Å². The summed E-state index contributed by atoms with van der Waals surface area (Å²) in [5.74, 6) is -0.648. The van der Waals surface area contributed by atoms with E-state index < -0.39 is 0 Å². The van der Waals surface area contributed by atoms with Gasteiger partial charge in [-0.3, -0.25) is 9.59 Å². The van der Waals surface area contributed by atoms with Gasteiger partial charge in [0.2, 0.25) is 0 Å². The molecule has 2 aromatic carbocycles. The molecule has 0 aliphatic carbocycles. The van der Waals surface area contributed by atoms with Gasteiger partial charge in [0.15, 0.2) is 0 Å². The number of hydrogen-bond donors (Lipinski definition) is 2. The van der Waals surface area contributed by atoms with Crippen LogP contribution in [0.5, 0.6) is 0 Å². The number of rotatable bonds is 6. The van der Waals surface area contributed by atoms with Crippen LogP contribution in [-0.2, 0) is 4.79 Å². The Morgan fingerprint density at radius 3 is 2.22 bits per heavy atom. The highest BCUT2D eigenvalue weighted by Gasteiger charge is 2.17. The maximum absolute atomic E-state index is 12.8. The number of nitrogens with one attached hydrogen (secondary N) is 2. The molecule has 2 amide bonds. The number of benzene rings is 2. The monoisotopic (exact) mass is 376 g/mol. The van der Waals surface area contributed by atoms with Gasteiger partial charge in [-0.2, -0.15) is 0 Å². The molecule has 0 saturated heterocycles. The van der Waals surface area contributed by atoms with Crippen molar-refractivity contribution in [2.45, 2.75) is 13.0 Å². The van der Waals surface area contributed by atoms with Crippen LogP contribution in [0.25, 0.3) is 6.08 Å². The van der Waals surface area contributed by atoms with E-state index >= 15 is 0 Å². The molecule has 0 spiro atoms.